The second-order valence-corrected chi connectivity index (χ2v) is 4.23. The lowest BCUT2D eigenvalue weighted by Crippen LogP contribution is -2.37. The van der Waals surface area contributed by atoms with Crippen LogP contribution in [0.4, 0.5) is 0 Å². The first kappa shape index (κ1) is 7.56. The van der Waals surface area contributed by atoms with Crippen LogP contribution in [-0.4, -0.2) is 49.1 Å². The number of piperidine rings is 1. The van der Waals surface area contributed by atoms with E-state index in [1.54, 1.807) is 0 Å². The Bertz CT molecular complexity index is 167. The van der Waals surface area contributed by atoms with Gasteiger partial charge < -0.3 is 9.80 Å². The number of hydrogen-bond acceptors (Lipinski definition) is 2. The topological polar surface area (TPSA) is 6.48 Å². The second kappa shape index (κ2) is 2.20. The molecule has 0 spiro atoms. The minimum atomic E-state index is 0.593. The highest BCUT2D eigenvalue weighted by Crippen LogP contribution is 2.52. The standard InChI is InChI=1S/C9H18N2/c1-4-11-6-8-5-9(8,7-11)10(2)3/h8H,4-7H2,1-3H3/t8-,9?/m1/s1. The van der Waals surface area contributed by atoms with Crippen LogP contribution in [0.25, 0.3) is 0 Å². The van der Waals surface area contributed by atoms with Crippen LogP contribution in [0.2, 0.25) is 0 Å². The van der Waals surface area contributed by atoms with E-state index in [0.717, 1.165) is 5.92 Å². The van der Waals surface area contributed by atoms with E-state index in [-0.39, 0.29) is 0 Å². The normalized spacial score (nSPS) is 43.1. The Balaban J connectivity index is 2.01. The molecule has 1 aliphatic heterocycles. The molecule has 1 unspecified atom stereocenters. The van der Waals surface area contributed by atoms with Gasteiger partial charge in [0.25, 0.3) is 0 Å². The van der Waals surface area contributed by atoms with Crippen molar-refractivity contribution >= 4 is 0 Å². The van der Waals surface area contributed by atoms with Gasteiger partial charge in [-0.05, 0) is 33.0 Å². The zero-order valence-corrected chi connectivity index (χ0v) is 7.80. The number of likely N-dealkylation sites (tertiary alicyclic amines) is 1. The van der Waals surface area contributed by atoms with Crippen LogP contribution in [0.3, 0.4) is 0 Å². The molecule has 0 amide bonds. The molecule has 0 bridgehead atoms. The van der Waals surface area contributed by atoms with Gasteiger partial charge in [0.05, 0.1) is 0 Å². The van der Waals surface area contributed by atoms with Crippen LogP contribution >= 0.6 is 0 Å². The van der Waals surface area contributed by atoms with Crippen molar-refractivity contribution in [3.05, 3.63) is 0 Å². The van der Waals surface area contributed by atoms with E-state index in [2.05, 4.69) is 30.8 Å². The van der Waals surface area contributed by atoms with Gasteiger partial charge in [-0.3, -0.25) is 0 Å². The summed E-state index contributed by atoms with van der Waals surface area (Å²) >= 11 is 0. The van der Waals surface area contributed by atoms with Crippen molar-refractivity contribution in [2.75, 3.05) is 33.7 Å². The van der Waals surface area contributed by atoms with E-state index in [4.69, 9.17) is 0 Å². The van der Waals surface area contributed by atoms with E-state index < -0.39 is 0 Å². The number of nitrogens with zero attached hydrogens (tertiary/aromatic N) is 2. The Morgan fingerprint density at radius 1 is 1.55 bits per heavy atom. The fourth-order valence-corrected chi connectivity index (χ4v) is 2.49. The molecule has 1 saturated heterocycles. The van der Waals surface area contributed by atoms with Crippen molar-refractivity contribution in [2.45, 2.75) is 18.9 Å². The first-order valence-corrected chi connectivity index (χ1v) is 4.59. The largest absolute Gasteiger partial charge is 0.302 e. The van der Waals surface area contributed by atoms with E-state index in [1.807, 2.05) is 0 Å². The molecular weight excluding hydrogens is 136 g/mol. The zero-order valence-electron chi connectivity index (χ0n) is 7.80. The molecule has 0 aromatic heterocycles. The highest BCUT2D eigenvalue weighted by molar-refractivity contribution is 5.17. The summed E-state index contributed by atoms with van der Waals surface area (Å²) in [6.07, 6.45) is 1.44. The maximum absolute atomic E-state index is 2.56. The predicted octanol–water partition coefficient (Wildman–Crippen LogP) is 0.642. The monoisotopic (exact) mass is 154 g/mol. The number of hydrogen-bond donors (Lipinski definition) is 0. The molecule has 2 heteroatoms. The van der Waals surface area contributed by atoms with Crippen LogP contribution in [0, 0.1) is 5.92 Å². The van der Waals surface area contributed by atoms with Crippen LogP contribution in [0.5, 0.6) is 0 Å². The summed E-state index contributed by atoms with van der Waals surface area (Å²) in [5, 5.41) is 0. The van der Waals surface area contributed by atoms with Crippen LogP contribution in [-0.2, 0) is 0 Å². The summed E-state index contributed by atoms with van der Waals surface area (Å²) in [6.45, 7) is 6.13. The van der Waals surface area contributed by atoms with Crippen molar-refractivity contribution in [1.29, 1.82) is 0 Å². The second-order valence-electron chi connectivity index (χ2n) is 4.23. The van der Waals surface area contributed by atoms with Gasteiger partial charge in [0, 0.05) is 18.6 Å². The molecule has 1 aliphatic carbocycles. The van der Waals surface area contributed by atoms with Crippen molar-refractivity contribution in [2.24, 2.45) is 5.92 Å². The Hall–Kier alpha value is -0.0800. The lowest BCUT2D eigenvalue weighted by Gasteiger charge is -2.24. The Morgan fingerprint density at radius 3 is 2.64 bits per heavy atom. The predicted molar refractivity (Wildman–Crippen MR) is 46.6 cm³/mol. The van der Waals surface area contributed by atoms with E-state index >= 15 is 0 Å². The lowest BCUT2D eigenvalue weighted by molar-refractivity contribution is 0.224. The maximum Gasteiger partial charge on any atom is 0.0375 e. The molecule has 1 saturated carbocycles. The van der Waals surface area contributed by atoms with Gasteiger partial charge in [0.2, 0.25) is 0 Å². The number of likely N-dealkylation sites (N-methyl/N-ethyl adjacent to an activating group) is 2. The number of rotatable bonds is 2. The summed E-state index contributed by atoms with van der Waals surface area (Å²) in [4.78, 5) is 4.99. The molecule has 2 fully saturated rings. The molecule has 0 radical (unpaired) electrons. The quantitative estimate of drug-likeness (QED) is 0.576. The third kappa shape index (κ3) is 0.926. The third-order valence-electron chi connectivity index (χ3n) is 3.51. The van der Waals surface area contributed by atoms with Gasteiger partial charge in [-0.2, -0.15) is 0 Å². The summed E-state index contributed by atoms with van der Waals surface area (Å²) in [5.41, 5.74) is 0.593. The maximum atomic E-state index is 2.56. The Labute approximate surface area is 69.2 Å². The van der Waals surface area contributed by atoms with Crippen LogP contribution in [0.15, 0.2) is 0 Å². The van der Waals surface area contributed by atoms with E-state index in [9.17, 15) is 0 Å². The molecule has 0 N–H and O–H groups in total. The molecule has 2 atom stereocenters. The molecule has 64 valence electrons. The molecule has 1 heterocycles. The van der Waals surface area contributed by atoms with Crippen molar-refractivity contribution in [3.63, 3.8) is 0 Å². The third-order valence-corrected chi connectivity index (χ3v) is 3.51. The Morgan fingerprint density at radius 2 is 2.27 bits per heavy atom. The van der Waals surface area contributed by atoms with Gasteiger partial charge in [-0.15, -0.1) is 0 Å². The van der Waals surface area contributed by atoms with Gasteiger partial charge in [-0.1, -0.05) is 6.92 Å². The van der Waals surface area contributed by atoms with Gasteiger partial charge in [-0.25, -0.2) is 0 Å². The summed E-state index contributed by atoms with van der Waals surface area (Å²) in [5.74, 6) is 0.984. The van der Waals surface area contributed by atoms with E-state index in [0.29, 0.717) is 5.54 Å². The van der Waals surface area contributed by atoms with Crippen LogP contribution in [0.1, 0.15) is 13.3 Å². The summed E-state index contributed by atoms with van der Waals surface area (Å²) in [6, 6.07) is 0. The van der Waals surface area contributed by atoms with Gasteiger partial charge in [0.15, 0.2) is 0 Å². The molecule has 2 rings (SSSR count). The van der Waals surface area contributed by atoms with Crippen molar-refractivity contribution in [1.82, 2.24) is 9.80 Å². The van der Waals surface area contributed by atoms with Crippen molar-refractivity contribution in [3.8, 4) is 0 Å². The molecular formula is C9H18N2. The first-order valence-electron chi connectivity index (χ1n) is 4.59. The molecule has 2 nitrogen and oxygen atoms in total. The Kier molecular flexibility index (Phi) is 1.52. The highest BCUT2D eigenvalue weighted by atomic mass is 15.3. The van der Waals surface area contributed by atoms with Crippen molar-refractivity contribution < 1.29 is 0 Å². The van der Waals surface area contributed by atoms with Crippen LogP contribution < -0.4 is 0 Å². The summed E-state index contributed by atoms with van der Waals surface area (Å²) < 4.78 is 0. The van der Waals surface area contributed by atoms with E-state index in [1.165, 1.54) is 26.1 Å². The lowest BCUT2D eigenvalue weighted by atomic mass is 10.2. The number of fused-ring (bicyclic) bond motifs is 1. The average molecular weight is 154 g/mol. The fraction of sp³-hybridized carbons (Fsp3) is 1.00. The smallest absolute Gasteiger partial charge is 0.0375 e. The molecule has 11 heavy (non-hydrogen) atoms. The average Bonchev–Trinajstić information content (AvgIpc) is 2.56. The zero-order chi connectivity index (χ0) is 8.06. The molecule has 0 aromatic carbocycles. The first-order chi connectivity index (χ1) is 5.19. The minimum absolute atomic E-state index is 0.593. The minimum Gasteiger partial charge on any atom is -0.302 e. The van der Waals surface area contributed by atoms with Gasteiger partial charge >= 0.3 is 0 Å². The SMILES string of the molecule is CCN1C[C@H]2CC2(N(C)C)C1. The summed E-state index contributed by atoms with van der Waals surface area (Å²) in [7, 11) is 4.44. The molecule has 2 aliphatic rings. The van der Waals surface area contributed by atoms with Gasteiger partial charge in [0.1, 0.15) is 0 Å². The fourth-order valence-electron chi connectivity index (χ4n) is 2.49. The highest BCUT2D eigenvalue weighted by Gasteiger charge is 2.60. The molecule has 0 aromatic rings.